The van der Waals surface area contributed by atoms with Gasteiger partial charge in [-0.3, -0.25) is 9.36 Å². The SMILES string of the molecule is CC1CCC(=CNc2ccc3ccccc3c2)c2ncc(C(=O)O)c(=O)n21. The van der Waals surface area contributed by atoms with E-state index >= 15 is 0 Å². The molecule has 1 atom stereocenters. The average molecular weight is 361 g/mol. The van der Waals surface area contributed by atoms with Gasteiger partial charge in [0.05, 0.1) is 0 Å². The Morgan fingerprint density at radius 2 is 2.04 bits per heavy atom. The standard InChI is InChI=1S/C21H19N3O3/c1-13-6-7-16(19-23-12-18(21(26)27)20(25)24(13)19)11-22-17-9-8-14-4-2-3-5-15(14)10-17/h2-5,8-13,22H,6-7H2,1H3,(H,26,27). The number of rotatable bonds is 3. The van der Waals surface area contributed by atoms with Gasteiger partial charge in [0, 0.05) is 29.7 Å². The van der Waals surface area contributed by atoms with Gasteiger partial charge in [-0.25, -0.2) is 9.78 Å². The molecule has 2 N–H and O–H groups in total. The van der Waals surface area contributed by atoms with Crippen molar-refractivity contribution in [1.29, 1.82) is 0 Å². The smallest absolute Gasteiger partial charge is 0.342 e. The van der Waals surface area contributed by atoms with Crippen molar-refractivity contribution in [1.82, 2.24) is 9.55 Å². The zero-order valence-corrected chi connectivity index (χ0v) is 14.8. The Balaban J connectivity index is 1.70. The van der Waals surface area contributed by atoms with Crippen molar-refractivity contribution in [2.45, 2.75) is 25.8 Å². The second-order valence-corrected chi connectivity index (χ2v) is 6.74. The topological polar surface area (TPSA) is 84.2 Å². The van der Waals surface area contributed by atoms with Gasteiger partial charge in [-0.05, 0) is 42.7 Å². The number of carbonyl (C=O) groups is 1. The van der Waals surface area contributed by atoms with Gasteiger partial charge in [-0.1, -0.05) is 30.3 Å². The number of benzene rings is 2. The summed E-state index contributed by atoms with van der Waals surface area (Å²) in [5, 5.41) is 14.8. The number of anilines is 1. The van der Waals surface area contributed by atoms with Crippen LogP contribution in [0.25, 0.3) is 16.3 Å². The van der Waals surface area contributed by atoms with Gasteiger partial charge in [0.1, 0.15) is 11.4 Å². The maximum atomic E-state index is 12.5. The number of fused-ring (bicyclic) bond motifs is 2. The largest absolute Gasteiger partial charge is 0.477 e. The first kappa shape index (κ1) is 17.0. The summed E-state index contributed by atoms with van der Waals surface area (Å²) in [6.07, 6.45) is 4.52. The number of allylic oxidation sites excluding steroid dienone is 1. The van der Waals surface area contributed by atoms with Crippen molar-refractivity contribution in [3.8, 4) is 0 Å². The fourth-order valence-electron chi connectivity index (χ4n) is 3.45. The molecule has 0 fully saturated rings. The molecule has 4 rings (SSSR count). The molecule has 0 amide bonds. The summed E-state index contributed by atoms with van der Waals surface area (Å²) in [5.41, 5.74) is 1.02. The number of aromatic carboxylic acids is 1. The lowest BCUT2D eigenvalue weighted by Gasteiger charge is -2.26. The molecule has 27 heavy (non-hydrogen) atoms. The number of nitrogens with zero attached hydrogens (tertiary/aromatic N) is 2. The molecule has 3 aromatic rings. The summed E-state index contributed by atoms with van der Waals surface area (Å²) in [6, 6.07) is 14.1. The van der Waals surface area contributed by atoms with E-state index in [0.29, 0.717) is 5.82 Å². The van der Waals surface area contributed by atoms with E-state index < -0.39 is 11.5 Å². The van der Waals surface area contributed by atoms with Crippen LogP contribution in [-0.2, 0) is 0 Å². The minimum absolute atomic E-state index is 0.0860. The van der Waals surface area contributed by atoms with E-state index in [-0.39, 0.29) is 11.6 Å². The minimum Gasteiger partial charge on any atom is -0.477 e. The van der Waals surface area contributed by atoms with Crippen LogP contribution in [-0.4, -0.2) is 20.6 Å². The minimum atomic E-state index is -1.25. The Hall–Kier alpha value is -3.41. The average Bonchev–Trinajstić information content (AvgIpc) is 2.67. The van der Waals surface area contributed by atoms with Crippen molar-refractivity contribution < 1.29 is 9.90 Å². The van der Waals surface area contributed by atoms with Crippen LogP contribution in [0.4, 0.5) is 5.69 Å². The molecule has 0 spiro atoms. The monoisotopic (exact) mass is 361 g/mol. The number of hydrogen-bond acceptors (Lipinski definition) is 4. The molecule has 6 nitrogen and oxygen atoms in total. The molecule has 0 bridgehead atoms. The van der Waals surface area contributed by atoms with Gasteiger partial charge in [-0.2, -0.15) is 0 Å². The van der Waals surface area contributed by atoms with E-state index in [1.165, 1.54) is 9.95 Å². The Morgan fingerprint density at radius 3 is 2.81 bits per heavy atom. The number of aromatic nitrogens is 2. The normalized spacial score (nSPS) is 17.7. The Kier molecular flexibility index (Phi) is 4.24. The van der Waals surface area contributed by atoms with Crippen molar-refractivity contribution in [3.63, 3.8) is 0 Å². The quantitative estimate of drug-likeness (QED) is 0.739. The van der Waals surface area contributed by atoms with E-state index in [9.17, 15) is 14.7 Å². The fraction of sp³-hybridized carbons (Fsp3) is 0.190. The maximum absolute atomic E-state index is 12.5. The van der Waals surface area contributed by atoms with Crippen molar-refractivity contribution in [2.75, 3.05) is 5.32 Å². The lowest BCUT2D eigenvalue weighted by Crippen LogP contribution is -2.34. The molecule has 0 saturated heterocycles. The fourth-order valence-corrected chi connectivity index (χ4v) is 3.45. The molecule has 0 radical (unpaired) electrons. The van der Waals surface area contributed by atoms with E-state index in [0.717, 1.165) is 35.7 Å². The highest BCUT2D eigenvalue weighted by Crippen LogP contribution is 2.30. The molecule has 1 aliphatic rings. The summed E-state index contributed by atoms with van der Waals surface area (Å²) in [6.45, 7) is 1.91. The highest BCUT2D eigenvalue weighted by atomic mass is 16.4. The number of carboxylic acids is 1. The van der Waals surface area contributed by atoms with Gasteiger partial charge in [0.25, 0.3) is 5.56 Å². The predicted octanol–water partition coefficient (Wildman–Crippen LogP) is 3.90. The van der Waals surface area contributed by atoms with Gasteiger partial charge in [-0.15, -0.1) is 0 Å². The van der Waals surface area contributed by atoms with Crippen LogP contribution < -0.4 is 10.9 Å². The second kappa shape index (κ2) is 6.72. The number of carboxylic acid groups (broad SMARTS) is 1. The first-order chi connectivity index (χ1) is 13.0. The highest BCUT2D eigenvalue weighted by molar-refractivity contribution is 5.87. The molecule has 136 valence electrons. The second-order valence-electron chi connectivity index (χ2n) is 6.74. The summed E-state index contributed by atoms with van der Waals surface area (Å²) < 4.78 is 1.49. The number of nitrogens with one attached hydrogen (secondary N) is 1. The molecule has 0 saturated carbocycles. The Bertz CT molecular complexity index is 1130. The summed E-state index contributed by atoms with van der Waals surface area (Å²) in [4.78, 5) is 28.0. The molecular formula is C21H19N3O3. The summed E-state index contributed by atoms with van der Waals surface area (Å²) in [5.74, 6) is -0.725. The van der Waals surface area contributed by atoms with Crippen LogP contribution in [0, 0.1) is 0 Å². The van der Waals surface area contributed by atoms with Crippen LogP contribution >= 0.6 is 0 Å². The van der Waals surface area contributed by atoms with Gasteiger partial charge < -0.3 is 10.4 Å². The molecule has 0 aliphatic carbocycles. The van der Waals surface area contributed by atoms with E-state index in [1.807, 2.05) is 31.3 Å². The molecule has 1 unspecified atom stereocenters. The Labute approximate surface area is 155 Å². The lowest BCUT2D eigenvalue weighted by molar-refractivity contribution is 0.0693. The van der Waals surface area contributed by atoms with Crippen LogP contribution in [0.3, 0.4) is 0 Å². The van der Waals surface area contributed by atoms with Crippen LogP contribution in [0.15, 0.2) is 59.7 Å². The lowest BCUT2D eigenvalue weighted by atomic mass is 10.0. The zero-order chi connectivity index (χ0) is 19.0. The van der Waals surface area contributed by atoms with Gasteiger partial charge in [0.15, 0.2) is 0 Å². The third-order valence-electron chi connectivity index (χ3n) is 4.95. The molecule has 1 aliphatic heterocycles. The molecule has 1 aromatic heterocycles. The molecule has 2 aromatic carbocycles. The summed E-state index contributed by atoms with van der Waals surface area (Å²) in [7, 11) is 0. The van der Waals surface area contributed by atoms with Gasteiger partial charge >= 0.3 is 5.97 Å². The third kappa shape index (κ3) is 3.10. The Morgan fingerprint density at radius 1 is 1.26 bits per heavy atom. The van der Waals surface area contributed by atoms with Crippen LogP contribution in [0.5, 0.6) is 0 Å². The van der Waals surface area contributed by atoms with Crippen molar-refractivity contribution in [2.24, 2.45) is 0 Å². The maximum Gasteiger partial charge on any atom is 0.342 e. The van der Waals surface area contributed by atoms with E-state index in [1.54, 1.807) is 0 Å². The summed E-state index contributed by atoms with van der Waals surface area (Å²) >= 11 is 0. The first-order valence-corrected chi connectivity index (χ1v) is 8.84. The van der Waals surface area contributed by atoms with E-state index in [2.05, 4.69) is 34.6 Å². The van der Waals surface area contributed by atoms with Crippen molar-refractivity contribution in [3.05, 3.63) is 76.6 Å². The molecule has 2 heterocycles. The van der Waals surface area contributed by atoms with Crippen LogP contribution in [0.2, 0.25) is 0 Å². The predicted molar refractivity (Wildman–Crippen MR) is 105 cm³/mol. The van der Waals surface area contributed by atoms with E-state index in [4.69, 9.17) is 0 Å². The first-order valence-electron chi connectivity index (χ1n) is 8.84. The molecule has 6 heteroatoms. The zero-order valence-electron chi connectivity index (χ0n) is 14.8. The molecular weight excluding hydrogens is 342 g/mol. The third-order valence-corrected chi connectivity index (χ3v) is 4.95. The highest BCUT2D eigenvalue weighted by Gasteiger charge is 2.25. The van der Waals surface area contributed by atoms with Gasteiger partial charge in [0.2, 0.25) is 0 Å². The number of hydrogen-bond donors (Lipinski definition) is 2. The van der Waals surface area contributed by atoms with Crippen molar-refractivity contribution >= 4 is 28.0 Å². The van der Waals surface area contributed by atoms with Crippen LogP contribution in [0.1, 0.15) is 42.0 Å².